The number of rotatable bonds is 8. The van der Waals surface area contributed by atoms with E-state index >= 15 is 0 Å². The number of aromatic nitrogens is 2. The predicted octanol–water partition coefficient (Wildman–Crippen LogP) is 3.62. The third-order valence-corrected chi connectivity index (χ3v) is 4.97. The van der Waals surface area contributed by atoms with Gasteiger partial charge in [0.25, 0.3) is 0 Å². The van der Waals surface area contributed by atoms with E-state index in [4.69, 9.17) is 4.74 Å². The van der Waals surface area contributed by atoms with E-state index < -0.39 is 0 Å². The van der Waals surface area contributed by atoms with Crippen molar-refractivity contribution in [3.05, 3.63) is 54.1 Å². The van der Waals surface area contributed by atoms with Crippen LogP contribution < -0.4 is 5.32 Å². The number of amides is 1. The molecule has 2 aromatic carbocycles. The number of ether oxygens (including phenoxy) is 1. The van der Waals surface area contributed by atoms with Crippen molar-refractivity contribution >= 4 is 40.2 Å². The molecule has 0 saturated heterocycles. The Morgan fingerprint density at radius 2 is 1.89 bits per heavy atom. The number of hydrogen-bond donors (Lipinski definition) is 1. The van der Waals surface area contributed by atoms with Crippen molar-refractivity contribution in [2.24, 2.45) is 0 Å². The predicted molar refractivity (Wildman–Crippen MR) is 107 cm³/mol. The first-order chi connectivity index (χ1) is 13.1. The molecule has 6 nitrogen and oxygen atoms in total. The third kappa shape index (κ3) is 4.75. The Bertz CT molecular complexity index is 951. The van der Waals surface area contributed by atoms with Gasteiger partial charge >= 0.3 is 0 Å². The van der Waals surface area contributed by atoms with Gasteiger partial charge in [-0.3, -0.25) is 9.59 Å². The normalized spacial score (nSPS) is 10.9. The molecule has 1 N–H and O–H groups in total. The van der Waals surface area contributed by atoms with Crippen LogP contribution in [0, 0.1) is 0 Å². The zero-order chi connectivity index (χ0) is 19.2. The Balaban J connectivity index is 1.72. The van der Waals surface area contributed by atoms with Crippen LogP contribution in [0.1, 0.15) is 17.3 Å². The number of ketones is 1. The van der Waals surface area contributed by atoms with Gasteiger partial charge in [0.15, 0.2) is 10.9 Å². The Kier molecular flexibility index (Phi) is 6.26. The number of Topliss-reactive ketones (excluding diaryl/α,β-unsaturated/α-hetero) is 1. The lowest BCUT2D eigenvalue weighted by molar-refractivity contribution is -0.114. The molecule has 1 aromatic heterocycles. The van der Waals surface area contributed by atoms with Crippen LogP contribution >= 0.6 is 11.8 Å². The second-order valence-corrected chi connectivity index (χ2v) is 6.94. The fourth-order valence-electron chi connectivity index (χ4n) is 2.72. The van der Waals surface area contributed by atoms with Crippen LogP contribution in [-0.4, -0.2) is 40.7 Å². The number of methoxy groups -OCH3 is 1. The number of para-hydroxylation sites is 2. The molecule has 27 heavy (non-hydrogen) atoms. The van der Waals surface area contributed by atoms with E-state index in [0.717, 1.165) is 16.2 Å². The molecule has 0 fully saturated rings. The summed E-state index contributed by atoms with van der Waals surface area (Å²) >= 11 is 1.42. The van der Waals surface area contributed by atoms with Gasteiger partial charge in [-0.15, -0.1) is 0 Å². The number of nitrogens with one attached hydrogen (secondary N) is 1. The highest BCUT2D eigenvalue weighted by Gasteiger charge is 2.14. The summed E-state index contributed by atoms with van der Waals surface area (Å²) in [5, 5.41) is 3.49. The van der Waals surface area contributed by atoms with E-state index in [1.54, 1.807) is 31.4 Å². The summed E-state index contributed by atoms with van der Waals surface area (Å²) in [5.41, 5.74) is 3.22. The molecule has 1 heterocycles. The van der Waals surface area contributed by atoms with E-state index in [-0.39, 0.29) is 17.4 Å². The van der Waals surface area contributed by atoms with E-state index in [1.807, 2.05) is 24.3 Å². The molecular weight excluding hydrogens is 362 g/mol. The molecular formula is C20H21N3O3S. The summed E-state index contributed by atoms with van der Waals surface area (Å²) in [6.07, 6.45) is 0. The lowest BCUT2D eigenvalue weighted by Crippen LogP contribution is -2.08. The Labute approximate surface area is 161 Å². The standard InChI is InChI=1S/C20H21N3O3S/c1-14(24)21-16-9-7-15(8-10-16)19(25)13-27-20-22-17-5-3-4-6-18(17)23(20)11-12-26-2/h3-10H,11-13H2,1-2H3,(H,21,24). The molecule has 0 radical (unpaired) electrons. The zero-order valence-electron chi connectivity index (χ0n) is 15.3. The van der Waals surface area contributed by atoms with Crippen LogP contribution in [0.25, 0.3) is 11.0 Å². The fraction of sp³-hybridized carbons (Fsp3) is 0.250. The molecule has 0 aliphatic rings. The van der Waals surface area contributed by atoms with Crippen molar-refractivity contribution in [2.75, 3.05) is 24.8 Å². The number of carbonyl (C=O) groups excluding carboxylic acids is 2. The average Bonchev–Trinajstić information content (AvgIpc) is 3.02. The minimum atomic E-state index is -0.139. The molecule has 0 spiro atoms. The topological polar surface area (TPSA) is 73.2 Å². The smallest absolute Gasteiger partial charge is 0.221 e. The van der Waals surface area contributed by atoms with Crippen LogP contribution in [0.3, 0.4) is 0 Å². The van der Waals surface area contributed by atoms with Gasteiger partial charge < -0.3 is 14.6 Å². The van der Waals surface area contributed by atoms with Crippen LogP contribution in [0.15, 0.2) is 53.7 Å². The summed E-state index contributed by atoms with van der Waals surface area (Å²) < 4.78 is 7.28. The van der Waals surface area contributed by atoms with Crippen LogP contribution in [0.5, 0.6) is 0 Å². The molecule has 3 aromatic rings. The first kappa shape index (κ1) is 19.1. The second-order valence-electron chi connectivity index (χ2n) is 6.00. The number of anilines is 1. The van der Waals surface area contributed by atoms with E-state index in [2.05, 4.69) is 14.9 Å². The maximum atomic E-state index is 12.5. The average molecular weight is 383 g/mol. The number of nitrogens with zero attached hydrogens (tertiary/aromatic N) is 2. The lowest BCUT2D eigenvalue weighted by Gasteiger charge is -2.08. The molecule has 1 amide bonds. The van der Waals surface area contributed by atoms with Gasteiger partial charge in [0, 0.05) is 31.8 Å². The first-order valence-corrected chi connectivity index (χ1v) is 9.55. The Morgan fingerprint density at radius 3 is 2.59 bits per heavy atom. The maximum absolute atomic E-state index is 12.5. The van der Waals surface area contributed by atoms with Gasteiger partial charge in [-0.1, -0.05) is 23.9 Å². The number of thioether (sulfide) groups is 1. The van der Waals surface area contributed by atoms with Gasteiger partial charge in [0.05, 0.1) is 23.4 Å². The summed E-state index contributed by atoms with van der Waals surface area (Å²) in [6, 6.07) is 14.8. The SMILES string of the molecule is COCCn1c(SCC(=O)c2ccc(NC(C)=O)cc2)nc2ccccc21. The summed E-state index contributed by atoms with van der Waals surface area (Å²) in [4.78, 5) is 28.2. The molecule has 7 heteroatoms. The minimum absolute atomic E-state index is 0.0136. The van der Waals surface area contributed by atoms with Crippen LogP contribution in [0.4, 0.5) is 5.69 Å². The van der Waals surface area contributed by atoms with Gasteiger partial charge in [-0.25, -0.2) is 4.98 Å². The van der Waals surface area contributed by atoms with Gasteiger partial charge in [0.1, 0.15) is 0 Å². The minimum Gasteiger partial charge on any atom is -0.383 e. The summed E-state index contributed by atoms with van der Waals surface area (Å²) in [6.45, 7) is 2.71. The summed E-state index contributed by atoms with van der Waals surface area (Å²) in [7, 11) is 1.67. The first-order valence-electron chi connectivity index (χ1n) is 8.56. The Morgan fingerprint density at radius 1 is 1.15 bits per heavy atom. The monoisotopic (exact) mass is 383 g/mol. The molecule has 0 atom stereocenters. The van der Waals surface area contributed by atoms with E-state index in [1.165, 1.54) is 18.7 Å². The molecule has 0 unspecified atom stereocenters. The van der Waals surface area contributed by atoms with Crippen molar-refractivity contribution in [3.63, 3.8) is 0 Å². The molecule has 140 valence electrons. The molecule has 0 saturated carbocycles. The van der Waals surface area contributed by atoms with Crippen molar-refractivity contribution < 1.29 is 14.3 Å². The van der Waals surface area contributed by atoms with E-state index in [9.17, 15) is 9.59 Å². The van der Waals surface area contributed by atoms with Crippen LogP contribution in [0.2, 0.25) is 0 Å². The number of hydrogen-bond acceptors (Lipinski definition) is 5. The molecule has 0 aliphatic heterocycles. The van der Waals surface area contributed by atoms with Crippen molar-refractivity contribution in [3.8, 4) is 0 Å². The van der Waals surface area contributed by atoms with Gasteiger partial charge in [-0.05, 0) is 36.4 Å². The molecule has 0 bridgehead atoms. The van der Waals surface area contributed by atoms with Crippen molar-refractivity contribution in [1.82, 2.24) is 9.55 Å². The molecule has 3 rings (SSSR count). The number of carbonyl (C=O) groups is 2. The number of fused-ring (bicyclic) bond motifs is 1. The van der Waals surface area contributed by atoms with E-state index in [0.29, 0.717) is 24.4 Å². The Hall–Kier alpha value is -2.64. The zero-order valence-corrected chi connectivity index (χ0v) is 16.1. The quantitative estimate of drug-likeness (QED) is 0.475. The van der Waals surface area contributed by atoms with Crippen molar-refractivity contribution in [1.29, 1.82) is 0 Å². The lowest BCUT2D eigenvalue weighted by atomic mass is 10.1. The summed E-state index contributed by atoms with van der Waals surface area (Å²) in [5.74, 6) is 0.162. The highest BCUT2D eigenvalue weighted by molar-refractivity contribution is 7.99. The van der Waals surface area contributed by atoms with Gasteiger partial charge in [-0.2, -0.15) is 0 Å². The highest BCUT2D eigenvalue weighted by Crippen LogP contribution is 2.25. The molecule has 0 aliphatic carbocycles. The largest absolute Gasteiger partial charge is 0.383 e. The fourth-order valence-corrected chi connectivity index (χ4v) is 3.65. The van der Waals surface area contributed by atoms with Gasteiger partial charge in [0.2, 0.25) is 5.91 Å². The second kappa shape index (κ2) is 8.83. The number of benzene rings is 2. The van der Waals surface area contributed by atoms with Crippen molar-refractivity contribution in [2.45, 2.75) is 18.6 Å². The highest BCUT2D eigenvalue weighted by atomic mass is 32.2. The third-order valence-electron chi connectivity index (χ3n) is 4.00. The number of imidazole rings is 1. The maximum Gasteiger partial charge on any atom is 0.221 e. The van der Waals surface area contributed by atoms with Crippen LogP contribution in [-0.2, 0) is 16.1 Å².